The molecule has 0 amide bonds. The largest absolute Gasteiger partial charge is 0.497 e. The van der Waals surface area contributed by atoms with Gasteiger partial charge in [0.05, 0.1) is 12.0 Å². The Morgan fingerprint density at radius 2 is 1.67 bits per heavy atom. The molecule has 1 heterocycles. The van der Waals surface area contributed by atoms with Crippen LogP contribution < -0.4 is 9.47 Å². The van der Waals surface area contributed by atoms with Crippen LogP contribution in [0.3, 0.4) is 0 Å². The van der Waals surface area contributed by atoms with E-state index in [1.165, 1.54) is 24.3 Å². The zero-order valence-corrected chi connectivity index (χ0v) is 16.5. The number of methoxy groups -OCH3 is 1. The number of benzene rings is 2. The topological polar surface area (TPSA) is 127 Å². The Bertz CT molecular complexity index is 1020. The predicted octanol–water partition coefficient (Wildman–Crippen LogP) is 3.73. The highest BCUT2D eigenvalue weighted by molar-refractivity contribution is 5.74. The van der Waals surface area contributed by atoms with Crippen molar-refractivity contribution < 1.29 is 28.3 Å². The normalized spacial score (nSPS) is 12.6. The van der Waals surface area contributed by atoms with Crippen LogP contribution in [0.4, 0.5) is 5.69 Å². The number of hydrogen-bond acceptors (Lipinski definition) is 9. The third kappa shape index (κ3) is 4.90. The maximum Gasteiger partial charge on any atom is 0.347 e. The van der Waals surface area contributed by atoms with E-state index >= 15 is 0 Å². The third-order valence-electron chi connectivity index (χ3n) is 4.11. The number of nitrogens with zero attached hydrogens (tertiary/aromatic N) is 3. The molecule has 0 saturated carbocycles. The van der Waals surface area contributed by atoms with Crippen molar-refractivity contribution in [2.24, 2.45) is 0 Å². The lowest BCUT2D eigenvalue weighted by molar-refractivity contribution is -0.384. The summed E-state index contributed by atoms with van der Waals surface area (Å²) in [5, 5.41) is 18.5. The molecule has 0 aliphatic rings. The van der Waals surface area contributed by atoms with E-state index in [0.29, 0.717) is 17.1 Å². The van der Waals surface area contributed by atoms with E-state index in [-0.39, 0.29) is 17.5 Å². The lowest BCUT2D eigenvalue weighted by Gasteiger charge is -2.16. The van der Waals surface area contributed by atoms with Crippen molar-refractivity contribution in [2.75, 3.05) is 7.11 Å². The summed E-state index contributed by atoms with van der Waals surface area (Å²) in [5.74, 6) is 0.810. The number of carbonyl (C=O) groups is 1. The maximum atomic E-state index is 12.3. The van der Waals surface area contributed by atoms with Crippen molar-refractivity contribution in [1.29, 1.82) is 0 Å². The number of nitro groups is 1. The van der Waals surface area contributed by atoms with Gasteiger partial charge in [0.2, 0.25) is 5.89 Å². The van der Waals surface area contributed by atoms with Crippen molar-refractivity contribution in [1.82, 2.24) is 10.2 Å². The monoisotopic (exact) mass is 413 g/mol. The fourth-order valence-corrected chi connectivity index (χ4v) is 2.47. The van der Waals surface area contributed by atoms with Crippen molar-refractivity contribution in [3.05, 3.63) is 64.5 Å². The van der Waals surface area contributed by atoms with Crippen LogP contribution in [0, 0.1) is 10.1 Å². The summed E-state index contributed by atoms with van der Waals surface area (Å²) in [5.41, 5.74) is 0.459. The van der Waals surface area contributed by atoms with Crippen LogP contribution in [0.1, 0.15) is 25.8 Å². The number of ether oxygens (including phenoxy) is 3. The highest BCUT2D eigenvalue weighted by Gasteiger charge is 2.24. The molecule has 2 atom stereocenters. The molecule has 0 N–H and O–H groups in total. The van der Waals surface area contributed by atoms with Crippen LogP contribution in [-0.2, 0) is 9.53 Å². The van der Waals surface area contributed by atoms with Gasteiger partial charge in [0.15, 0.2) is 12.2 Å². The quantitative estimate of drug-likeness (QED) is 0.308. The Morgan fingerprint density at radius 3 is 2.27 bits per heavy atom. The molecule has 0 spiro atoms. The van der Waals surface area contributed by atoms with Gasteiger partial charge in [-0.1, -0.05) is 0 Å². The first-order valence-electron chi connectivity index (χ1n) is 8.97. The summed E-state index contributed by atoms with van der Waals surface area (Å²) in [4.78, 5) is 22.5. The molecule has 1 aromatic heterocycles. The zero-order valence-electron chi connectivity index (χ0n) is 16.5. The molecule has 0 radical (unpaired) electrons. The predicted molar refractivity (Wildman–Crippen MR) is 104 cm³/mol. The van der Waals surface area contributed by atoms with E-state index < -0.39 is 23.1 Å². The van der Waals surface area contributed by atoms with Gasteiger partial charge in [-0.25, -0.2) is 4.79 Å². The molecule has 3 rings (SSSR count). The lowest BCUT2D eigenvalue weighted by atomic mass is 10.2. The molecule has 0 aliphatic heterocycles. The Kier molecular flexibility index (Phi) is 6.26. The minimum Gasteiger partial charge on any atom is -0.497 e. The molecule has 30 heavy (non-hydrogen) atoms. The van der Waals surface area contributed by atoms with Gasteiger partial charge >= 0.3 is 5.97 Å². The summed E-state index contributed by atoms with van der Waals surface area (Å²) in [6.45, 7) is 3.15. The van der Waals surface area contributed by atoms with Crippen LogP contribution in [0.25, 0.3) is 11.5 Å². The fourth-order valence-electron chi connectivity index (χ4n) is 2.47. The van der Waals surface area contributed by atoms with Crippen molar-refractivity contribution in [3.8, 4) is 23.0 Å². The van der Waals surface area contributed by atoms with Gasteiger partial charge in [-0.2, -0.15) is 0 Å². The van der Waals surface area contributed by atoms with Gasteiger partial charge in [-0.15, -0.1) is 10.2 Å². The van der Waals surface area contributed by atoms with Gasteiger partial charge in [-0.05, 0) is 50.2 Å². The Labute approximate surface area is 171 Å². The first-order valence-corrected chi connectivity index (χ1v) is 8.97. The van der Waals surface area contributed by atoms with E-state index in [9.17, 15) is 14.9 Å². The number of esters is 1. The molecule has 156 valence electrons. The van der Waals surface area contributed by atoms with Crippen LogP contribution in [0.5, 0.6) is 11.5 Å². The molecule has 0 saturated heterocycles. The van der Waals surface area contributed by atoms with Crippen LogP contribution in [-0.4, -0.2) is 34.3 Å². The number of hydrogen-bond donors (Lipinski definition) is 0. The standard InChI is InChI=1S/C20H19N3O7/c1-12(29-20(24)13(2)28-17-10-8-16(27-3)9-11-17)18-21-22-19(30-18)14-4-6-15(7-5-14)23(25)26/h4-13H,1-3H3. The summed E-state index contributed by atoms with van der Waals surface area (Å²) < 4.78 is 21.5. The third-order valence-corrected chi connectivity index (χ3v) is 4.11. The molecular formula is C20H19N3O7. The van der Waals surface area contributed by atoms with Crippen molar-refractivity contribution >= 4 is 11.7 Å². The van der Waals surface area contributed by atoms with Crippen molar-refractivity contribution in [2.45, 2.75) is 26.1 Å². The molecule has 0 aliphatic carbocycles. The highest BCUT2D eigenvalue weighted by Crippen LogP contribution is 2.25. The second-order valence-electron chi connectivity index (χ2n) is 6.26. The minimum atomic E-state index is -0.863. The summed E-state index contributed by atoms with van der Waals surface area (Å²) >= 11 is 0. The molecule has 10 nitrogen and oxygen atoms in total. The SMILES string of the molecule is COc1ccc(OC(C)C(=O)OC(C)c2nnc(-c3ccc([N+](=O)[O-])cc3)o2)cc1. The maximum absolute atomic E-state index is 12.3. The Morgan fingerprint density at radius 1 is 1.03 bits per heavy atom. The first-order chi connectivity index (χ1) is 14.4. The van der Waals surface area contributed by atoms with Gasteiger partial charge in [0.25, 0.3) is 11.6 Å². The van der Waals surface area contributed by atoms with Crippen LogP contribution >= 0.6 is 0 Å². The fraction of sp³-hybridized carbons (Fsp3) is 0.250. The molecule has 0 fully saturated rings. The van der Waals surface area contributed by atoms with E-state index in [1.807, 2.05) is 0 Å². The number of carbonyl (C=O) groups excluding carboxylic acids is 1. The highest BCUT2D eigenvalue weighted by atomic mass is 16.6. The molecule has 10 heteroatoms. The second-order valence-corrected chi connectivity index (χ2v) is 6.26. The average molecular weight is 413 g/mol. The number of non-ortho nitro benzene ring substituents is 1. The summed E-state index contributed by atoms with van der Waals surface area (Å²) in [7, 11) is 1.56. The number of nitro benzene ring substituents is 1. The average Bonchev–Trinajstić information content (AvgIpc) is 3.24. The van der Waals surface area contributed by atoms with Gasteiger partial charge < -0.3 is 18.6 Å². The molecular weight excluding hydrogens is 394 g/mol. The lowest BCUT2D eigenvalue weighted by Crippen LogP contribution is -2.27. The van der Waals surface area contributed by atoms with Gasteiger partial charge in [-0.3, -0.25) is 10.1 Å². The molecule has 2 unspecified atom stereocenters. The van der Waals surface area contributed by atoms with Crippen LogP contribution in [0.2, 0.25) is 0 Å². The number of rotatable bonds is 8. The summed E-state index contributed by atoms with van der Waals surface area (Å²) in [6.07, 6.45) is -1.67. The Hall–Kier alpha value is -3.95. The number of aromatic nitrogens is 2. The summed E-state index contributed by atoms with van der Waals surface area (Å²) in [6, 6.07) is 12.5. The molecule has 3 aromatic rings. The van der Waals surface area contributed by atoms with Crippen LogP contribution in [0.15, 0.2) is 52.9 Å². The molecule has 2 aromatic carbocycles. The van der Waals surface area contributed by atoms with E-state index in [0.717, 1.165) is 0 Å². The van der Waals surface area contributed by atoms with E-state index in [4.69, 9.17) is 18.6 Å². The molecule has 0 bridgehead atoms. The van der Waals surface area contributed by atoms with Gasteiger partial charge in [0, 0.05) is 17.7 Å². The second kappa shape index (κ2) is 9.03. The minimum absolute atomic E-state index is 0.0494. The Balaban J connectivity index is 1.60. The zero-order chi connectivity index (χ0) is 21.7. The van der Waals surface area contributed by atoms with E-state index in [2.05, 4.69) is 10.2 Å². The smallest absolute Gasteiger partial charge is 0.347 e. The first kappa shape index (κ1) is 20.8. The van der Waals surface area contributed by atoms with E-state index in [1.54, 1.807) is 45.2 Å². The van der Waals surface area contributed by atoms with Gasteiger partial charge in [0.1, 0.15) is 11.5 Å². The van der Waals surface area contributed by atoms with Crippen molar-refractivity contribution in [3.63, 3.8) is 0 Å².